The monoisotopic (exact) mass is 503 g/mol. The van der Waals surface area contributed by atoms with Crippen LogP contribution < -0.4 is 0 Å². The quantitative estimate of drug-likeness (QED) is 0.104. The molecule has 0 N–H and O–H groups in total. The van der Waals surface area contributed by atoms with Gasteiger partial charge in [-0.25, -0.2) is 14.6 Å². The van der Waals surface area contributed by atoms with Crippen LogP contribution in [-0.4, -0.2) is 30.1 Å². The number of hydrogen-bond acceptors (Lipinski definition) is 5. The maximum Gasteiger partial charge on any atom is 0.356 e. The first-order chi connectivity index (χ1) is 17.7. The maximum absolute atomic E-state index is 12.3. The average Bonchev–Trinajstić information content (AvgIpc) is 2.90. The Morgan fingerprint density at radius 1 is 0.528 bits per heavy atom. The van der Waals surface area contributed by atoms with Crippen LogP contribution in [-0.2, 0) is 9.47 Å². The lowest BCUT2D eigenvalue weighted by Gasteiger charge is -2.07. The first kappa shape index (κ1) is 32.1. The van der Waals surface area contributed by atoms with E-state index in [2.05, 4.69) is 18.8 Å². The van der Waals surface area contributed by atoms with E-state index in [9.17, 15) is 9.59 Å². The van der Waals surface area contributed by atoms with Gasteiger partial charge in [0.05, 0.1) is 13.2 Å². The second-order valence-electron chi connectivity index (χ2n) is 10.0. The number of rotatable bonds is 24. The van der Waals surface area contributed by atoms with Crippen LogP contribution in [0, 0.1) is 0 Å². The third-order valence-corrected chi connectivity index (χ3v) is 6.63. The summed E-state index contributed by atoms with van der Waals surface area (Å²) in [6.45, 7) is 5.19. The number of aromatic nitrogens is 1. The summed E-state index contributed by atoms with van der Waals surface area (Å²) in [7, 11) is 0. The molecule has 0 aromatic carbocycles. The van der Waals surface area contributed by atoms with E-state index in [0.717, 1.165) is 38.5 Å². The van der Waals surface area contributed by atoms with Gasteiger partial charge in [0.1, 0.15) is 11.4 Å². The van der Waals surface area contributed by atoms with Crippen LogP contribution in [0.5, 0.6) is 0 Å². The fraction of sp³-hybridized carbons (Fsp3) is 0.774. The molecule has 0 saturated heterocycles. The van der Waals surface area contributed by atoms with Gasteiger partial charge in [0.15, 0.2) is 0 Å². The average molecular weight is 504 g/mol. The number of unbranched alkanes of at least 4 members (excludes halogenated alkanes) is 18. The summed E-state index contributed by atoms with van der Waals surface area (Å²) in [4.78, 5) is 28.6. The second-order valence-corrected chi connectivity index (χ2v) is 10.0. The lowest BCUT2D eigenvalue weighted by atomic mass is 10.0. The highest BCUT2D eigenvalue weighted by molar-refractivity contribution is 5.91. The number of nitrogens with zero attached hydrogens (tertiary/aromatic N) is 1. The van der Waals surface area contributed by atoms with E-state index in [1.165, 1.54) is 89.9 Å². The number of hydrogen-bond donors (Lipinski definition) is 0. The standard InChI is InChI=1S/C31H53NO4/c1-3-5-7-9-10-11-12-13-14-15-16-17-18-19-20-22-27-36-31(34)29-25-23-24-28(32-29)30(33)35-26-21-8-6-4-2/h23-25H,3-22,26-27H2,1-2H3. The minimum atomic E-state index is -0.487. The number of ether oxygens (including phenoxy) is 2. The number of pyridine rings is 1. The highest BCUT2D eigenvalue weighted by atomic mass is 16.5. The van der Waals surface area contributed by atoms with Crippen molar-refractivity contribution in [2.45, 2.75) is 142 Å². The van der Waals surface area contributed by atoms with Gasteiger partial charge in [-0.05, 0) is 25.0 Å². The fourth-order valence-corrected chi connectivity index (χ4v) is 4.32. The van der Waals surface area contributed by atoms with Gasteiger partial charge in [-0.2, -0.15) is 0 Å². The molecule has 0 radical (unpaired) electrons. The van der Waals surface area contributed by atoms with E-state index in [1.54, 1.807) is 18.2 Å². The summed E-state index contributed by atoms with van der Waals surface area (Å²) in [6.07, 6.45) is 25.2. The van der Waals surface area contributed by atoms with Gasteiger partial charge in [-0.1, -0.05) is 135 Å². The van der Waals surface area contributed by atoms with Crippen LogP contribution >= 0.6 is 0 Å². The van der Waals surface area contributed by atoms with Gasteiger partial charge in [-0.15, -0.1) is 0 Å². The van der Waals surface area contributed by atoms with Gasteiger partial charge >= 0.3 is 11.9 Å². The molecule has 0 spiro atoms. The predicted octanol–water partition coefficient (Wildman–Crippen LogP) is 9.24. The zero-order valence-corrected chi connectivity index (χ0v) is 23.4. The smallest absolute Gasteiger partial charge is 0.356 e. The zero-order valence-electron chi connectivity index (χ0n) is 23.4. The molecule has 0 fully saturated rings. The second kappa shape index (κ2) is 23.5. The number of esters is 2. The first-order valence-electron chi connectivity index (χ1n) is 15.0. The number of carbonyl (C=O) groups is 2. The van der Waals surface area contributed by atoms with Crippen molar-refractivity contribution in [2.75, 3.05) is 13.2 Å². The molecule has 0 aliphatic heterocycles. The largest absolute Gasteiger partial charge is 0.461 e. The van der Waals surface area contributed by atoms with Crippen molar-refractivity contribution in [1.82, 2.24) is 4.98 Å². The molecular formula is C31H53NO4. The minimum absolute atomic E-state index is 0.155. The summed E-state index contributed by atoms with van der Waals surface area (Å²) < 4.78 is 10.6. The minimum Gasteiger partial charge on any atom is -0.461 e. The summed E-state index contributed by atoms with van der Waals surface area (Å²) in [6, 6.07) is 4.79. The van der Waals surface area contributed by atoms with Crippen molar-refractivity contribution in [3.63, 3.8) is 0 Å². The Balaban J connectivity index is 1.99. The molecule has 0 aliphatic carbocycles. The van der Waals surface area contributed by atoms with Crippen molar-refractivity contribution in [3.8, 4) is 0 Å². The molecule has 1 rings (SSSR count). The molecule has 5 heteroatoms. The van der Waals surface area contributed by atoms with E-state index in [1.807, 2.05) is 0 Å². The molecule has 0 unspecified atom stereocenters. The molecule has 0 atom stereocenters. The van der Waals surface area contributed by atoms with E-state index in [0.29, 0.717) is 13.2 Å². The summed E-state index contributed by atoms with van der Waals surface area (Å²) in [5.74, 6) is -0.965. The SMILES string of the molecule is CCCCCCCCCCCCCCCCCCOC(=O)c1cccc(C(=O)OCCCCCC)n1. The maximum atomic E-state index is 12.3. The Bertz CT molecular complexity index is 676. The third kappa shape index (κ3) is 17.5. The van der Waals surface area contributed by atoms with Crippen molar-refractivity contribution in [3.05, 3.63) is 29.6 Å². The predicted molar refractivity (Wildman–Crippen MR) is 148 cm³/mol. The Kier molecular flexibility index (Phi) is 21.0. The molecule has 0 aliphatic rings. The Labute approximate surface area is 221 Å². The van der Waals surface area contributed by atoms with E-state index in [-0.39, 0.29) is 11.4 Å². The van der Waals surface area contributed by atoms with Crippen LogP contribution in [0.2, 0.25) is 0 Å². The van der Waals surface area contributed by atoms with Crippen LogP contribution in [0.4, 0.5) is 0 Å². The zero-order chi connectivity index (χ0) is 26.1. The van der Waals surface area contributed by atoms with E-state index >= 15 is 0 Å². The molecule has 1 heterocycles. The van der Waals surface area contributed by atoms with Crippen LogP contribution in [0.1, 0.15) is 163 Å². The lowest BCUT2D eigenvalue weighted by molar-refractivity contribution is 0.0482. The Morgan fingerprint density at radius 2 is 0.833 bits per heavy atom. The lowest BCUT2D eigenvalue weighted by Crippen LogP contribution is -2.13. The molecule has 36 heavy (non-hydrogen) atoms. The van der Waals surface area contributed by atoms with E-state index in [4.69, 9.17) is 9.47 Å². The molecular weight excluding hydrogens is 450 g/mol. The molecule has 0 bridgehead atoms. The van der Waals surface area contributed by atoms with Gasteiger partial charge in [-0.3, -0.25) is 0 Å². The Morgan fingerprint density at radius 3 is 1.19 bits per heavy atom. The van der Waals surface area contributed by atoms with Crippen molar-refractivity contribution in [2.24, 2.45) is 0 Å². The highest BCUT2D eigenvalue weighted by Gasteiger charge is 2.14. The van der Waals surface area contributed by atoms with E-state index < -0.39 is 11.9 Å². The summed E-state index contributed by atoms with van der Waals surface area (Å²) >= 11 is 0. The molecule has 0 amide bonds. The van der Waals surface area contributed by atoms with Gasteiger partial charge in [0.25, 0.3) is 0 Å². The van der Waals surface area contributed by atoms with Crippen molar-refractivity contribution in [1.29, 1.82) is 0 Å². The fourth-order valence-electron chi connectivity index (χ4n) is 4.32. The van der Waals surface area contributed by atoms with Crippen LogP contribution in [0.15, 0.2) is 18.2 Å². The molecule has 1 aromatic rings. The molecule has 5 nitrogen and oxygen atoms in total. The third-order valence-electron chi connectivity index (χ3n) is 6.63. The van der Waals surface area contributed by atoms with Gasteiger partial charge in [0.2, 0.25) is 0 Å². The summed E-state index contributed by atoms with van der Waals surface area (Å²) in [5.41, 5.74) is 0.314. The molecule has 206 valence electrons. The Hall–Kier alpha value is -1.91. The normalized spacial score (nSPS) is 10.9. The highest BCUT2D eigenvalue weighted by Crippen LogP contribution is 2.14. The summed E-state index contributed by atoms with van der Waals surface area (Å²) in [5, 5.41) is 0. The molecule has 0 saturated carbocycles. The van der Waals surface area contributed by atoms with Gasteiger partial charge < -0.3 is 9.47 Å². The van der Waals surface area contributed by atoms with Gasteiger partial charge in [0, 0.05) is 0 Å². The van der Waals surface area contributed by atoms with Crippen LogP contribution in [0.25, 0.3) is 0 Å². The molecule has 1 aromatic heterocycles. The number of carbonyl (C=O) groups excluding carboxylic acids is 2. The first-order valence-corrected chi connectivity index (χ1v) is 15.0. The van der Waals surface area contributed by atoms with Crippen molar-refractivity contribution >= 4 is 11.9 Å². The van der Waals surface area contributed by atoms with Crippen LogP contribution in [0.3, 0.4) is 0 Å². The van der Waals surface area contributed by atoms with Crippen molar-refractivity contribution < 1.29 is 19.1 Å². The topological polar surface area (TPSA) is 65.5 Å².